The molecule has 18 heavy (non-hydrogen) atoms. The molecule has 2 unspecified atom stereocenters. The molecule has 0 aromatic heterocycles. The number of hydrogen-bond acceptors (Lipinski definition) is 2. The Bertz CT molecular complexity index is 464. The van der Waals surface area contributed by atoms with Crippen LogP contribution in [0.25, 0.3) is 0 Å². The minimum absolute atomic E-state index is 0.135. The number of aliphatic carboxylic acids is 1. The standard InChI is InChI=1S/C15H23NO2/c1-9-6-7-13(12(4)11(9)3)10(2)8-15(5,16)14(17)18/h6-7,10H,8,16H2,1-5H3,(H,17,18). The van der Waals surface area contributed by atoms with Gasteiger partial charge in [0, 0.05) is 0 Å². The van der Waals surface area contributed by atoms with Crippen LogP contribution in [0.5, 0.6) is 0 Å². The molecule has 0 amide bonds. The zero-order chi connectivity index (χ0) is 14.1. The maximum absolute atomic E-state index is 11.1. The van der Waals surface area contributed by atoms with E-state index in [9.17, 15) is 4.79 Å². The fraction of sp³-hybridized carbons (Fsp3) is 0.533. The minimum atomic E-state index is -1.18. The quantitative estimate of drug-likeness (QED) is 0.862. The lowest BCUT2D eigenvalue weighted by atomic mass is 9.83. The molecule has 100 valence electrons. The van der Waals surface area contributed by atoms with E-state index in [1.165, 1.54) is 22.3 Å². The van der Waals surface area contributed by atoms with E-state index in [1.807, 2.05) is 6.92 Å². The fourth-order valence-electron chi connectivity index (χ4n) is 2.34. The van der Waals surface area contributed by atoms with E-state index < -0.39 is 11.5 Å². The monoisotopic (exact) mass is 249 g/mol. The lowest BCUT2D eigenvalue weighted by Crippen LogP contribution is -2.45. The highest BCUT2D eigenvalue weighted by Crippen LogP contribution is 2.29. The Morgan fingerprint density at radius 2 is 1.89 bits per heavy atom. The van der Waals surface area contributed by atoms with Crippen LogP contribution in [0.4, 0.5) is 0 Å². The predicted molar refractivity (Wildman–Crippen MR) is 73.9 cm³/mol. The zero-order valence-electron chi connectivity index (χ0n) is 11.9. The van der Waals surface area contributed by atoms with Gasteiger partial charge in [-0.25, -0.2) is 0 Å². The van der Waals surface area contributed by atoms with Crippen molar-refractivity contribution in [1.29, 1.82) is 0 Å². The molecule has 3 heteroatoms. The number of carbonyl (C=O) groups is 1. The van der Waals surface area contributed by atoms with Crippen LogP contribution >= 0.6 is 0 Å². The average Bonchev–Trinajstić information content (AvgIpc) is 2.25. The molecule has 0 heterocycles. The minimum Gasteiger partial charge on any atom is -0.480 e. The second-order valence-corrected chi connectivity index (χ2v) is 5.55. The fourth-order valence-corrected chi connectivity index (χ4v) is 2.34. The maximum Gasteiger partial charge on any atom is 0.323 e. The summed E-state index contributed by atoms with van der Waals surface area (Å²) in [6.07, 6.45) is 0.436. The normalized spacial score (nSPS) is 16.1. The Morgan fingerprint density at radius 1 is 1.33 bits per heavy atom. The molecule has 0 saturated heterocycles. The molecule has 1 aromatic carbocycles. The van der Waals surface area contributed by atoms with Crippen molar-refractivity contribution in [3.8, 4) is 0 Å². The number of rotatable bonds is 4. The summed E-state index contributed by atoms with van der Waals surface area (Å²) in [5.41, 5.74) is 9.60. The van der Waals surface area contributed by atoms with Crippen LogP contribution in [0.2, 0.25) is 0 Å². The molecule has 0 aliphatic carbocycles. The summed E-state index contributed by atoms with van der Waals surface area (Å²) >= 11 is 0. The van der Waals surface area contributed by atoms with Crippen LogP contribution in [-0.2, 0) is 4.79 Å². The highest BCUT2D eigenvalue weighted by molar-refractivity contribution is 5.77. The van der Waals surface area contributed by atoms with Crippen LogP contribution in [0.1, 0.15) is 48.4 Å². The molecule has 0 aliphatic heterocycles. The maximum atomic E-state index is 11.1. The van der Waals surface area contributed by atoms with Crippen molar-refractivity contribution >= 4 is 5.97 Å². The smallest absolute Gasteiger partial charge is 0.323 e. The third-order valence-corrected chi connectivity index (χ3v) is 3.85. The highest BCUT2D eigenvalue weighted by Gasteiger charge is 2.30. The van der Waals surface area contributed by atoms with Crippen molar-refractivity contribution in [3.63, 3.8) is 0 Å². The molecule has 3 nitrogen and oxygen atoms in total. The van der Waals surface area contributed by atoms with E-state index in [-0.39, 0.29) is 5.92 Å². The van der Waals surface area contributed by atoms with Crippen LogP contribution in [0.3, 0.4) is 0 Å². The molecular formula is C15H23NO2. The summed E-state index contributed by atoms with van der Waals surface area (Å²) in [7, 11) is 0. The van der Waals surface area contributed by atoms with Gasteiger partial charge in [0.05, 0.1) is 0 Å². The Balaban J connectivity index is 3.02. The van der Waals surface area contributed by atoms with Crippen molar-refractivity contribution in [1.82, 2.24) is 0 Å². The van der Waals surface area contributed by atoms with Gasteiger partial charge in [0.2, 0.25) is 0 Å². The van der Waals surface area contributed by atoms with E-state index in [1.54, 1.807) is 6.92 Å². The number of carboxylic acid groups (broad SMARTS) is 1. The van der Waals surface area contributed by atoms with Crippen LogP contribution in [0.15, 0.2) is 12.1 Å². The number of hydrogen-bond donors (Lipinski definition) is 2. The first-order chi connectivity index (χ1) is 8.16. The van der Waals surface area contributed by atoms with E-state index >= 15 is 0 Å². The summed E-state index contributed by atoms with van der Waals surface area (Å²) in [6.45, 7) is 9.87. The first-order valence-corrected chi connectivity index (χ1v) is 6.25. The van der Waals surface area contributed by atoms with Crippen molar-refractivity contribution in [3.05, 3.63) is 34.4 Å². The summed E-state index contributed by atoms with van der Waals surface area (Å²) < 4.78 is 0. The molecule has 0 fully saturated rings. The van der Waals surface area contributed by atoms with E-state index in [2.05, 4.69) is 32.9 Å². The first kappa shape index (κ1) is 14.7. The third-order valence-electron chi connectivity index (χ3n) is 3.85. The second-order valence-electron chi connectivity index (χ2n) is 5.55. The van der Waals surface area contributed by atoms with Crippen molar-refractivity contribution in [2.45, 2.75) is 52.5 Å². The third kappa shape index (κ3) is 2.91. The lowest BCUT2D eigenvalue weighted by Gasteiger charge is -2.25. The van der Waals surface area contributed by atoms with Gasteiger partial charge >= 0.3 is 5.97 Å². The topological polar surface area (TPSA) is 63.3 Å². The number of aryl methyl sites for hydroxylation is 1. The molecule has 0 saturated carbocycles. The van der Waals surface area contributed by atoms with Gasteiger partial charge in [-0.3, -0.25) is 4.79 Å². The molecule has 1 aromatic rings. The second kappa shape index (κ2) is 5.11. The molecule has 0 spiro atoms. The predicted octanol–water partition coefficient (Wildman–Crippen LogP) is 2.91. The van der Waals surface area contributed by atoms with Gasteiger partial charge in [-0.05, 0) is 62.3 Å². The summed E-state index contributed by atoms with van der Waals surface area (Å²) in [5, 5.41) is 9.08. The van der Waals surface area contributed by atoms with Gasteiger partial charge in [0.1, 0.15) is 5.54 Å². The summed E-state index contributed by atoms with van der Waals surface area (Å²) in [5.74, 6) is -0.814. The first-order valence-electron chi connectivity index (χ1n) is 6.25. The SMILES string of the molecule is Cc1ccc(C(C)CC(C)(N)C(=O)O)c(C)c1C. The lowest BCUT2D eigenvalue weighted by molar-refractivity contribution is -0.143. The largest absolute Gasteiger partial charge is 0.480 e. The average molecular weight is 249 g/mol. The van der Waals surface area contributed by atoms with Crippen molar-refractivity contribution in [2.75, 3.05) is 0 Å². The number of benzene rings is 1. The van der Waals surface area contributed by atoms with Gasteiger partial charge < -0.3 is 10.8 Å². The summed E-state index contributed by atoms with van der Waals surface area (Å²) in [4.78, 5) is 11.1. The van der Waals surface area contributed by atoms with Gasteiger partial charge in [-0.2, -0.15) is 0 Å². The molecule has 1 rings (SSSR count). The molecular weight excluding hydrogens is 226 g/mol. The molecule has 3 N–H and O–H groups in total. The van der Waals surface area contributed by atoms with Crippen molar-refractivity contribution < 1.29 is 9.90 Å². The highest BCUT2D eigenvalue weighted by atomic mass is 16.4. The zero-order valence-corrected chi connectivity index (χ0v) is 11.9. The van der Waals surface area contributed by atoms with Crippen LogP contribution in [-0.4, -0.2) is 16.6 Å². The molecule has 0 bridgehead atoms. The summed E-state index contributed by atoms with van der Waals surface area (Å²) in [6, 6.07) is 4.17. The van der Waals surface area contributed by atoms with E-state index in [0.717, 1.165) is 0 Å². The molecule has 0 radical (unpaired) electrons. The van der Waals surface area contributed by atoms with E-state index in [0.29, 0.717) is 6.42 Å². The van der Waals surface area contributed by atoms with Crippen LogP contribution < -0.4 is 5.73 Å². The molecule has 2 atom stereocenters. The Labute approximate surface area is 109 Å². The van der Waals surface area contributed by atoms with Crippen molar-refractivity contribution in [2.24, 2.45) is 5.73 Å². The van der Waals surface area contributed by atoms with Gasteiger partial charge in [0.15, 0.2) is 0 Å². The van der Waals surface area contributed by atoms with Gasteiger partial charge in [0.25, 0.3) is 0 Å². The Morgan fingerprint density at radius 3 is 2.39 bits per heavy atom. The Hall–Kier alpha value is -1.35. The number of nitrogens with two attached hydrogens (primary N) is 1. The Kier molecular flexibility index (Phi) is 4.17. The van der Waals surface area contributed by atoms with Crippen LogP contribution in [0, 0.1) is 20.8 Å². The van der Waals surface area contributed by atoms with Gasteiger partial charge in [-0.15, -0.1) is 0 Å². The number of carboxylic acids is 1. The molecule has 0 aliphatic rings. The van der Waals surface area contributed by atoms with Gasteiger partial charge in [-0.1, -0.05) is 19.1 Å². The van der Waals surface area contributed by atoms with E-state index in [4.69, 9.17) is 10.8 Å².